The van der Waals surface area contributed by atoms with Crippen LogP contribution in [0.2, 0.25) is 0 Å². The second-order valence-electron chi connectivity index (χ2n) is 3.13. The molecule has 0 atom stereocenters. The number of hydrogen-bond donors (Lipinski definition) is 1. The molecule has 0 amide bonds. The lowest BCUT2D eigenvalue weighted by molar-refractivity contribution is 0.0696. The molecule has 2 aromatic heterocycles. The van der Waals surface area contributed by atoms with E-state index in [1.165, 1.54) is 17.1 Å². The van der Waals surface area contributed by atoms with Crippen LogP contribution in [0.5, 0.6) is 0 Å². The Balaban J connectivity index is 2.50. The molecule has 6 heteroatoms. The molecule has 78 valence electrons. The first kappa shape index (κ1) is 9.45. The van der Waals surface area contributed by atoms with Gasteiger partial charge in [-0.15, -0.1) is 0 Å². The first-order valence-corrected chi connectivity index (χ1v) is 4.30. The van der Waals surface area contributed by atoms with Crippen LogP contribution in [0.15, 0.2) is 16.9 Å². The van der Waals surface area contributed by atoms with Crippen molar-refractivity contribution in [2.24, 2.45) is 0 Å². The lowest BCUT2D eigenvalue weighted by Crippen LogP contribution is -2.02. The minimum absolute atomic E-state index is 0.144. The summed E-state index contributed by atoms with van der Waals surface area (Å²) in [5.41, 5.74) is 1.35. The van der Waals surface area contributed by atoms with E-state index in [2.05, 4.69) is 10.1 Å². The van der Waals surface area contributed by atoms with Crippen molar-refractivity contribution in [3.63, 3.8) is 0 Å². The van der Waals surface area contributed by atoms with Crippen molar-refractivity contribution in [1.29, 1.82) is 0 Å². The summed E-state index contributed by atoms with van der Waals surface area (Å²) in [6.45, 7) is 3.43. The molecule has 0 spiro atoms. The Bertz CT molecular complexity index is 512. The van der Waals surface area contributed by atoms with E-state index in [4.69, 9.17) is 9.52 Å². The van der Waals surface area contributed by atoms with E-state index in [-0.39, 0.29) is 11.6 Å². The number of aromatic carboxylic acids is 1. The standard InChI is InChI=1S/C9H9N3O3/c1-5-4-15-9(11-5)12-6(2)7(3-10-12)8(13)14/h3-4H,1-2H3,(H,13,14). The van der Waals surface area contributed by atoms with Crippen LogP contribution in [0.1, 0.15) is 21.7 Å². The van der Waals surface area contributed by atoms with E-state index in [0.717, 1.165) is 5.69 Å². The number of hydrogen-bond acceptors (Lipinski definition) is 4. The molecule has 0 aliphatic carbocycles. The molecule has 0 aliphatic rings. The molecule has 0 fully saturated rings. The van der Waals surface area contributed by atoms with Crippen LogP contribution in [0, 0.1) is 13.8 Å². The van der Waals surface area contributed by atoms with E-state index < -0.39 is 5.97 Å². The Morgan fingerprint density at radius 2 is 2.27 bits per heavy atom. The van der Waals surface area contributed by atoms with Gasteiger partial charge in [0.05, 0.1) is 17.6 Å². The Morgan fingerprint density at radius 1 is 1.53 bits per heavy atom. The van der Waals surface area contributed by atoms with E-state index in [1.54, 1.807) is 13.8 Å². The predicted octanol–water partition coefficient (Wildman–Crippen LogP) is 1.18. The quantitative estimate of drug-likeness (QED) is 0.799. The van der Waals surface area contributed by atoms with E-state index in [9.17, 15) is 4.79 Å². The van der Waals surface area contributed by atoms with Gasteiger partial charge >= 0.3 is 12.0 Å². The summed E-state index contributed by atoms with van der Waals surface area (Å²) >= 11 is 0. The summed E-state index contributed by atoms with van der Waals surface area (Å²) in [4.78, 5) is 14.8. The summed E-state index contributed by atoms with van der Waals surface area (Å²) in [6, 6.07) is 0.275. The zero-order valence-electron chi connectivity index (χ0n) is 8.26. The molecule has 15 heavy (non-hydrogen) atoms. The van der Waals surface area contributed by atoms with Crippen molar-refractivity contribution >= 4 is 5.97 Å². The molecule has 0 unspecified atom stereocenters. The van der Waals surface area contributed by atoms with E-state index in [1.807, 2.05) is 0 Å². The summed E-state index contributed by atoms with van der Waals surface area (Å²) in [7, 11) is 0. The van der Waals surface area contributed by atoms with Crippen LogP contribution >= 0.6 is 0 Å². The third kappa shape index (κ3) is 1.50. The zero-order valence-corrected chi connectivity index (χ0v) is 8.26. The number of carboxylic acid groups (broad SMARTS) is 1. The lowest BCUT2D eigenvalue weighted by atomic mass is 10.3. The summed E-state index contributed by atoms with van der Waals surface area (Å²) in [6.07, 6.45) is 2.76. The molecule has 0 bridgehead atoms. The van der Waals surface area contributed by atoms with Gasteiger partial charge in [0.2, 0.25) is 0 Å². The molecule has 0 radical (unpaired) electrons. The Hall–Kier alpha value is -2.11. The number of carbonyl (C=O) groups is 1. The normalized spacial score (nSPS) is 10.5. The summed E-state index contributed by atoms with van der Waals surface area (Å²) in [5.74, 6) is -1.01. The molecule has 0 aliphatic heterocycles. The second kappa shape index (κ2) is 3.23. The molecule has 0 saturated carbocycles. The molecule has 0 aromatic carbocycles. The maximum absolute atomic E-state index is 10.8. The fourth-order valence-electron chi connectivity index (χ4n) is 1.25. The van der Waals surface area contributed by atoms with Gasteiger partial charge in [-0.25, -0.2) is 4.79 Å². The fraction of sp³-hybridized carbons (Fsp3) is 0.222. The molecular formula is C9H9N3O3. The molecule has 6 nitrogen and oxygen atoms in total. The second-order valence-corrected chi connectivity index (χ2v) is 3.13. The predicted molar refractivity (Wildman–Crippen MR) is 50.1 cm³/mol. The first-order chi connectivity index (χ1) is 7.09. The van der Waals surface area contributed by atoms with Gasteiger partial charge in [0, 0.05) is 0 Å². The van der Waals surface area contributed by atoms with Crippen LogP contribution in [0.25, 0.3) is 6.01 Å². The Labute approximate surface area is 85.2 Å². The van der Waals surface area contributed by atoms with Crippen LogP contribution in [0.4, 0.5) is 0 Å². The van der Waals surface area contributed by atoms with Crippen LogP contribution in [0.3, 0.4) is 0 Å². The molecule has 2 heterocycles. The van der Waals surface area contributed by atoms with Gasteiger partial charge in [-0.2, -0.15) is 14.8 Å². The number of rotatable bonds is 2. The van der Waals surface area contributed by atoms with Crippen molar-refractivity contribution in [3.05, 3.63) is 29.4 Å². The third-order valence-corrected chi connectivity index (χ3v) is 2.03. The summed E-state index contributed by atoms with van der Waals surface area (Å²) in [5, 5.41) is 12.7. The maximum Gasteiger partial charge on any atom is 0.339 e. The van der Waals surface area contributed by atoms with Gasteiger partial charge in [0.15, 0.2) is 0 Å². The van der Waals surface area contributed by atoms with E-state index in [0.29, 0.717) is 5.69 Å². The van der Waals surface area contributed by atoms with Crippen LogP contribution in [-0.2, 0) is 0 Å². The van der Waals surface area contributed by atoms with Gasteiger partial charge in [-0.1, -0.05) is 0 Å². The zero-order chi connectivity index (χ0) is 11.0. The highest BCUT2D eigenvalue weighted by molar-refractivity contribution is 5.88. The van der Waals surface area contributed by atoms with Crippen molar-refractivity contribution in [1.82, 2.24) is 14.8 Å². The van der Waals surface area contributed by atoms with Crippen molar-refractivity contribution in [2.75, 3.05) is 0 Å². The first-order valence-electron chi connectivity index (χ1n) is 4.30. The number of oxazole rings is 1. The summed E-state index contributed by atoms with van der Waals surface area (Å²) < 4.78 is 6.48. The van der Waals surface area contributed by atoms with Crippen LogP contribution < -0.4 is 0 Å². The van der Waals surface area contributed by atoms with Gasteiger partial charge in [-0.3, -0.25) is 0 Å². The van der Waals surface area contributed by atoms with Crippen LogP contribution in [-0.4, -0.2) is 25.8 Å². The number of aryl methyl sites for hydroxylation is 1. The minimum Gasteiger partial charge on any atom is -0.478 e. The van der Waals surface area contributed by atoms with Crippen molar-refractivity contribution in [3.8, 4) is 6.01 Å². The molecule has 2 rings (SSSR count). The number of aromatic nitrogens is 3. The smallest absolute Gasteiger partial charge is 0.339 e. The largest absolute Gasteiger partial charge is 0.478 e. The molecule has 0 saturated heterocycles. The monoisotopic (exact) mass is 207 g/mol. The molecular weight excluding hydrogens is 198 g/mol. The number of carboxylic acids is 1. The molecule has 2 aromatic rings. The number of nitrogens with zero attached hydrogens (tertiary/aromatic N) is 3. The SMILES string of the molecule is Cc1coc(-n2ncc(C(=O)O)c2C)n1. The van der Waals surface area contributed by atoms with E-state index >= 15 is 0 Å². The van der Waals surface area contributed by atoms with Crippen molar-refractivity contribution in [2.45, 2.75) is 13.8 Å². The van der Waals surface area contributed by atoms with Gasteiger partial charge in [0.25, 0.3) is 0 Å². The highest BCUT2D eigenvalue weighted by atomic mass is 16.4. The topological polar surface area (TPSA) is 81.2 Å². The van der Waals surface area contributed by atoms with Gasteiger partial charge in [0.1, 0.15) is 11.8 Å². The Morgan fingerprint density at radius 3 is 2.73 bits per heavy atom. The minimum atomic E-state index is -1.01. The fourth-order valence-corrected chi connectivity index (χ4v) is 1.25. The van der Waals surface area contributed by atoms with Gasteiger partial charge in [-0.05, 0) is 13.8 Å². The highest BCUT2D eigenvalue weighted by Crippen LogP contribution is 2.13. The maximum atomic E-state index is 10.8. The van der Waals surface area contributed by atoms with Gasteiger partial charge < -0.3 is 9.52 Å². The average Bonchev–Trinajstić information content (AvgIpc) is 2.71. The lowest BCUT2D eigenvalue weighted by Gasteiger charge is -1.97. The Kier molecular flexibility index (Phi) is 2.03. The molecule has 1 N–H and O–H groups in total. The highest BCUT2D eigenvalue weighted by Gasteiger charge is 2.16. The average molecular weight is 207 g/mol. The third-order valence-electron chi connectivity index (χ3n) is 2.03. The van der Waals surface area contributed by atoms with Crippen molar-refractivity contribution < 1.29 is 14.3 Å².